The Hall–Kier alpha value is -6.44. The number of aryl methyl sites for hydroxylation is 2. The zero-order chi connectivity index (χ0) is 41.8. The molecule has 4 aliphatic rings. The molecule has 0 bridgehead atoms. The van der Waals surface area contributed by atoms with Crippen LogP contribution in [0.5, 0.6) is 0 Å². The summed E-state index contributed by atoms with van der Waals surface area (Å²) in [6.45, 7) is 9.77. The summed E-state index contributed by atoms with van der Waals surface area (Å²) >= 11 is 0. The Morgan fingerprint density at radius 3 is 1.55 bits per heavy atom. The van der Waals surface area contributed by atoms with Crippen molar-refractivity contribution < 1.29 is 0 Å². The van der Waals surface area contributed by atoms with Crippen molar-refractivity contribution in [3.05, 3.63) is 220 Å². The zero-order valence-corrected chi connectivity index (χ0v) is 36.4. The molecule has 8 aromatic rings. The summed E-state index contributed by atoms with van der Waals surface area (Å²) < 4.78 is 0. The van der Waals surface area contributed by atoms with E-state index >= 15 is 0 Å². The maximum absolute atomic E-state index is 2.61. The fourth-order valence-electron chi connectivity index (χ4n) is 12.0. The Balaban J connectivity index is 1.18. The Bertz CT molecular complexity index is 3030. The second kappa shape index (κ2) is 13.8. The molecule has 0 heterocycles. The molecule has 1 spiro atoms. The maximum atomic E-state index is 2.61. The van der Waals surface area contributed by atoms with E-state index in [4.69, 9.17) is 0 Å². The zero-order valence-electron chi connectivity index (χ0n) is 36.4. The lowest BCUT2D eigenvalue weighted by Crippen LogP contribution is -2.34. The van der Waals surface area contributed by atoms with E-state index in [1.54, 1.807) is 0 Å². The monoisotopic (exact) mass is 799 g/mol. The van der Waals surface area contributed by atoms with Crippen molar-refractivity contribution in [1.82, 2.24) is 0 Å². The Labute approximate surface area is 367 Å². The number of hydrogen-bond acceptors (Lipinski definition) is 1. The molecule has 0 atom stereocenters. The van der Waals surface area contributed by atoms with Gasteiger partial charge in [0.15, 0.2) is 0 Å². The molecule has 0 unspecified atom stereocenters. The van der Waals surface area contributed by atoms with Crippen molar-refractivity contribution >= 4 is 17.1 Å². The van der Waals surface area contributed by atoms with Gasteiger partial charge in [0.25, 0.3) is 0 Å². The van der Waals surface area contributed by atoms with Crippen molar-refractivity contribution in [3.8, 4) is 44.5 Å². The van der Waals surface area contributed by atoms with E-state index in [1.165, 1.54) is 132 Å². The summed E-state index contributed by atoms with van der Waals surface area (Å²) in [7, 11) is 0. The molecule has 0 aromatic heterocycles. The highest BCUT2D eigenvalue weighted by atomic mass is 15.1. The van der Waals surface area contributed by atoms with E-state index in [0.717, 1.165) is 12.1 Å². The van der Waals surface area contributed by atoms with Gasteiger partial charge in [-0.05, 0) is 169 Å². The molecule has 1 heteroatoms. The van der Waals surface area contributed by atoms with E-state index in [9.17, 15) is 0 Å². The minimum Gasteiger partial charge on any atom is -0.310 e. The molecule has 0 aliphatic heterocycles. The molecule has 0 amide bonds. The van der Waals surface area contributed by atoms with Crippen molar-refractivity contribution in [2.45, 2.75) is 82.5 Å². The molecule has 4 aliphatic carbocycles. The topological polar surface area (TPSA) is 3.24 Å². The number of nitrogens with zero attached hydrogens (tertiary/aromatic N) is 1. The van der Waals surface area contributed by atoms with Gasteiger partial charge in [-0.3, -0.25) is 0 Å². The summed E-state index contributed by atoms with van der Waals surface area (Å²) in [5.74, 6) is 0. The smallest absolute Gasteiger partial charge is 0.0726 e. The van der Waals surface area contributed by atoms with E-state index in [-0.39, 0.29) is 10.8 Å². The van der Waals surface area contributed by atoms with Gasteiger partial charge in [-0.25, -0.2) is 0 Å². The highest BCUT2D eigenvalue weighted by Gasteiger charge is 2.52. The van der Waals surface area contributed by atoms with Crippen LogP contribution in [0.4, 0.5) is 17.1 Å². The largest absolute Gasteiger partial charge is 0.310 e. The molecule has 0 N–H and O–H groups in total. The Morgan fingerprint density at radius 1 is 0.355 bits per heavy atom. The van der Waals surface area contributed by atoms with Crippen LogP contribution in [0.15, 0.2) is 176 Å². The van der Waals surface area contributed by atoms with E-state index in [1.807, 2.05) is 0 Å². The molecular weight excluding hydrogens is 747 g/mol. The predicted molar refractivity (Wildman–Crippen MR) is 260 cm³/mol. The van der Waals surface area contributed by atoms with Gasteiger partial charge in [0.1, 0.15) is 0 Å². The molecular formula is C61H53N. The van der Waals surface area contributed by atoms with Gasteiger partial charge in [0.2, 0.25) is 0 Å². The van der Waals surface area contributed by atoms with Crippen LogP contribution in [-0.4, -0.2) is 0 Å². The van der Waals surface area contributed by atoms with E-state index < -0.39 is 5.41 Å². The molecule has 0 saturated carbocycles. The van der Waals surface area contributed by atoms with Crippen LogP contribution in [0, 0.1) is 0 Å². The molecule has 0 saturated heterocycles. The van der Waals surface area contributed by atoms with Gasteiger partial charge in [-0.15, -0.1) is 0 Å². The van der Waals surface area contributed by atoms with Gasteiger partial charge in [-0.2, -0.15) is 0 Å². The first-order chi connectivity index (χ1) is 30.2. The van der Waals surface area contributed by atoms with Crippen molar-refractivity contribution in [2.24, 2.45) is 0 Å². The number of anilines is 3. The predicted octanol–water partition coefficient (Wildman–Crippen LogP) is 16.1. The summed E-state index contributed by atoms with van der Waals surface area (Å²) in [6.07, 6.45) is 7.20. The van der Waals surface area contributed by atoms with Crippen LogP contribution in [0.2, 0.25) is 0 Å². The Morgan fingerprint density at radius 2 is 0.887 bits per heavy atom. The van der Waals surface area contributed by atoms with Crippen LogP contribution in [0.25, 0.3) is 44.5 Å². The standard InChI is InChI=1S/C61H53N/c1-59(2)34-35-60(3,4)57-37-46(32-33-55(57)59)62(45-30-28-42(29-31-45)40-16-6-5-7-17-40)58-39-56-51(38-50(58)44-27-26-41-18-8-9-19-43(41)36-44)49-22-12-15-25-54(49)61(56)52-23-13-10-20-47(52)48-21-11-14-24-53(48)61/h5-7,10-17,20-33,36-39H,8-9,18-19,34-35H2,1-4H3. The van der Waals surface area contributed by atoms with Crippen LogP contribution in [0.3, 0.4) is 0 Å². The molecule has 302 valence electrons. The van der Waals surface area contributed by atoms with Crippen LogP contribution in [0.1, 0.15) is 97.9 Å². The third-order valence-electron chi connectivity index (χ3n) is 15.3. The van der Waals surface area contributed by atoms with Crippen LogP contribution in [-0.2, 0) is 29.1 Å². The van der Waals surface area contributed by atoms with Gasteiger partial charge in [0, 0.05) is 16.9 Å². The van der Waals surface area contributed by atoms with Crippen molar-refractivity contribution in [1.29, 1.82) is 0 Å². The van der Waals surface area contributed by atoms with Crippen LogP contribution < -0.4 is 4.90 Å². The second-order valence-corrected chi connectivity index (χ2v) is 19.7. The number of hydrogen-bond donors (Lipinski definition) is 0. The minimum absolute atomic E-state index is 0.0614. The highest BCUT2D eigenvalue weighted by molar-refractivity contribution is 6.00. The average molecular weight is 800 g/mol. The molecule has 1 nitrogen and oxygen atoms in total. The maximum Gasteiger partial charge on any atom is 0.0726 e. The number of fused-ring (bicyclic) bond motifs is 12. The lowest BCUT2D eigenvalue weighted by atomic mass is 9.63. The number of benzene rings is 8. The van der Waals surface area contributed by atoms with Gasteiger partial charge < -0.3 is 4.90 Å². The van der Waals surface area contributed by atoms with Crippen LogP contribution >= 0.6 is 0 Å². The third kappa shape index (κ3) is 5.46. The minimum atomic E-state index is -0.451. The normalized spacial score (nSPS) is 16.7. The van der Waals surface area contributed by atoms with E-state index in [2.05, 4.69) is 209 Å². The first kappa shape index (κ1) is 37.3. The average Bonchev–Trinajstić information content (AvgIpc) is 3.78. The quantitative estimate of drug-likeness (QED) is 0.168. The molecule has 62 heavy (non-hydrogen) atoms. The van der Waals surface area contributed by atoms with Crippen molar-refractivity contribution in [3.63, 3.8) is 0 Å². The van der Waals surface area contributed by atoms with E-state index in [0.29, 0.717) is 0 Å². The highest BCUT2D eigenvalue weighted by Crippen LogP contribution is 2.64. The fourth-order valence-corrected chi connectivity index (χ4v) is 12.0. The van der Waals surface area contributed by atoms with Gasteiger partial charge >= 0.3 is 0 Å². The lowest BCUT2D eigenvalue weighted by molar-refractivity contribution is 0.332. The fraction of sp³-hybridized carbons (Fsp3) is 0.213. The lowest BCUT2D eigenvalue weighted by Gasteiger charge is -2.42. The summed E-state index contributed by atoms with van der Waals surface area (Å²) in [5, 5.41) is 0. The van der Waals surface area contributed by atoms with Gasteiger partial charge in [-0.1, -0.05) is 167 Å². The first-order valence-corrected chi connectivity index (χ1v) is 22.9. The SMILES string of the molecule is CC1(C)CCC(C)(C)c2cc(N(c3ccc(-c4ccccc4)cc3)c3cc4c(cc3-c3ccc5c(c3)CCCC5)-c3ccccc3C43c4ccccc4-c4ccccc43)ccc21. The molecule has 0 fully saturated rings. The van der Waals surface area contributed by atoms with Crippen molar-refractivity contribution in [2.75, 3.05) is 4.90 Å². The second-order valence-electron chi connectivity index (χ2n) is 19.7. The van der Waals surface area contributed by atoms with Gasteiger partial charge in [0.05, 0.1) is 11.1 Å². The molecule has 0 radical (unpaired) electrons. The molecule has 12 rings (SSSR count). The summed E-state index contributed by atoms with van der Waals surface area (Å²) in [5.41, 5.74) is 25.1. The number of rotatable bonds is 5. The summed E-state index contributed by atoms with van der Waals surface area (Å²) in [4.78, 5) is 2.60. The third-order valence-corrected chi connectivity index (χ3v) is 15.3. The summed E-state index contributed by atoms with van der Waals surface area (Å²) in [6, 6.07) is 67.7. The Kier molecular flexibility index (Phi) is 8.30. The molecule has 8 aromatic carbocycles. The first-order valence-electron chi connectivity index (χ1n) is 22.9.